The van der Waals surface area contributed by atoms with Crippen LogP contribution in [0.3, 0.4) is 0 Å². The third kappa shape index (κ3) is 3.60. The minimum atomic E-state index is 1.08. The molecule has 2 nitrogen and oxygen atoms in total. The second-order valence-electron chi connectivity index (χ2n) is 6.71. The summed E-state index contributed by atoms with van der Waals surface area (Å²) in [5, 5.41) is 4.77. The highest BCUT2D eigenvalue weighted by molar-refractivity contribution is 7.21. The molecular formula is C26H18N2S. The third-order valence-corrected chi connectivity index (χ3v) is 5.90. The van der Waals surface area contributed by atoms with Crippen LogP contribution < -0.4 is 0 Å². The van der Waals surface area contributed by atoms with Crippen molar-refractivity contribution in [2.24, 2.45) is 0 Å². The van der Waals surface area contributed by atoms with Crippen molar-refractivity contribution in [3.8, 4) is 10.6 Å². The average Bonchev–Trinajstić information content (AvgIpc) is 3.24. The summed E-state index contributed by atoms with van der Waals surface area (Å²) in [6.45, 7) is 0. The Hall–Kier alpha value is -3.56. The molecule has 0 saturated carbocycles. The topological polar surface area (TPSA) is 25.8 Å². The predicted octanol–water partition coefficient (Wildman–Crippen LogP) is 7.35. The molecule has 0 spiro atoms. The number of fused-ring (bicyclic) bond motifs is 4. The maximum absolute atomic E-state index is 4.60. The molecule has 3 heteroatoms. The van der Waals surface area contributed by atoms with E-state index in [1.54, 1.807) is 11.3 Å². The van der Waals surface area contributed by atoms with Crippen molar-refractivity contribution in [2.45, 2.75) is 0 Å². The van der Waals surface area contributed by atoms with Gasteiger partial charge < -0.3 is 0 Å². The van der Waals surface area contributed by atoms with E-state index in [9.17, 15) is 0 Å². The average molecular weight is 391 g/mol. The van der Waals surface area contributed by atoms with Crippen LogP contribution in [0.5, 0.6) is 0 Å². The highest BCUT2D eigenvalue weighted by Gasteiger charge is 2.04. The van der Waals surface area contributed by atoms with Gasteiger partial charge in [-0.2, -0.15) is 0 Å². The fourth-order valence-electron chi connectivity index (χ4n) is 3.39. The SMILES string of the molecule is c1ccc(-c2nc3ccccc3s2)cc1.c1ccc2c(c1)ccc1cccnc12. The van der Waals surface area contributed by atoms with Crippen molar-refractivity contribution in [3.05, 3.63) is 109 Å². The van der Waals surface area contributed by atoms with Gasteiger partial charge in [0, 0.05) is 22.5 Å². The van der Waals surface area contributed by atoms with Crippen LogP contribution in [0.1, 0.15) is 0 Å². The zero-order valence-corrected chi connectivity index (χ0v) is 16.5. The molecule has 4 aromatic carbocycles. The maximum Gasteiger partial charge on any atom is 0.124 e. The van der Waals surface area contributed by atoms with Crippen LogP contribution in [-0.4, -0.2) is 9.97 Å². The van der Waals surface area contributed by atoms with Gasteiger partial charge in [-0.25, -0.2) is 4.98 Å². The van der Waals surface area contributed by atoms with Crippen LogP contribution >= 0.6 is 11.3 Å². The maximum atomic E-state index is 4.60. The molecule has 138 valence electrons. The van der Waals surface area contributed by atoms with E-state index in [1.807, 2.05) is 36.5 Å². The molecule has 0 saturated heterocycles. The Balaban J connectivity index is 0.000000125. The molecule has 29 heavy (non-hydrogen) atoms. The fourth-order valence-corrected chi connectivity index (χ4v) is 4.36. The first-order chi connectivity index (χ1) is 14.4. The largest absolute Gasteiger partial charge is 0.256 e. The first-order valence-corrected chi connectivity index (χ1v) is 10.3. The zero-order valence-electron chi connectivity index (χ0n) is 15.7. The quantitative estimate of drug-likeness (QED) is 0.274. The number of hydrogen-bond acceptors (Lipinski definition) is 3. The Kier molecular flexibility index (Phi) is 4.73. The number of nitrogens with zero attached hydrogens (tertiary/aromatic N) is 2. The molecule has 0 aliphatic heterocycles. The van der Waals surface area contributed by atoms with E-state index in [4.69, 9.17) is 0 Å². The van der Waals surface area contributed by atoms with Crippen molar-refractivity contribution in [3.63, 3.8) is 0 Å². The van der Waals surface area contributed by atoms with Crippen LogP contribution in [0.4, 0.5) is 0 Å². The van der Waals surface area contributed by atoms with Gasteiger partial charge in [-0.05, 0) is 23.6 Å². The number of aromatic nitrogens is 2. The van der Waals surface area contributed by atoms with E-state index in [2.05, 4.69) is 82.8 Å². The summed E-state index contributed by atoms with van der Waals surface area (Å²) in [6, 6.07) is 35.2. The molecule has 0 atom stereocenters. The standard InChI is InChI=1S/C13H9NS.C13H9N/c1-2-6-10(7-3-1)13-14-11-8-4-5-9-12(11)15-13;1-2-6-12-10(4-1)7-8-11-5-3-9-14-13(11)12/h1-9H;1-9H. The number of para-hydroxylation sites is 1. The summed E-state index contributed by atoms with van der Waals surface area (Å²) in [7, 11) is 0. The number of thiazole rings is 1. The van der Waals surface area contributed by atoms with Crippen LogP contribution in [0, 0.1) is 0 Å². The lowest BCUT2D eigenvalue weighted by Gasteiger charge is -2.01. The van der Waals surface area contributed by atoms with E-state index >= 15 is 0 Å². The van der Waals surface area contributed by atoms with Crippen molar-refractivity contribution < 1.29 is 0 Å². The minimum Gasteiger partial charge on any atom is -0.256 e. The number of pyridine rings is 1. The first kappa shape index (κ1) is 17.5. The van der Waals surface area contributed by atoms with Gasteiger partial charge >= 0.3 is 0 Å². The summed E-state index contributed by atoms with van der Waals surface area (Å²) in [4.78, 5) is 9.01. The van der Waals surface area contributed by atoms with Gasteiger partial charge in [0.2, 0.25) is 0 Å². The molecule has 6 aromatic rings. The summed E-state index contributed by atoms with van der Waals surface area (Å²) >= 11 is 1.74. The molecule has 6 rings (SSSR count). The Morgan fingerprint density at radius 3 is 2.21 bits per heavy atom. The van der Waals surface area contributed by atoms with Gasteiger partial charge in [0.15, 0.2) is 0 Å². The highest BCUT2D eigenvalue weighted by Crippen LogP contribution is 2.29. The van der Waals surface area contributed by atoms with E-state index in [-0.39, 0.29) is 0 Å². The fraction of sp³-hybridized carbons (Fsp3) is 0. The summed E-state index contributed by atoms with van der Waals surface area (Å²) < 4.78 is 1.25. The van der Waals surface area contributed by atoms with E-state index in [1.165, 1.54) is 26.4 Å². The first-order valence-electron chi connectivity index (χ1n) is 9.52. The number of benzene rings is 4. The van der Waals surface area contributed by atoms with Crippen molar-refractivity contribution >= 4 is 43.2 Å². The van der Waals surface area contributed by atoms with E-state index in [0.29, 0.717) is 0 Å². The summed E-state index contributed by atoms with van der Waals surface area (Å²) in [5.74, 6) is 0. The van der Waals surface area contributed by atoms with E-state index < -0.39 is 0 Å². The van der Waals surface area contributed by atoms with Crippen LogP contribution in [0.15, 0.2) is 109 Å². The van der Waals surface area contributed by atoms with Crippen LogP contribution in [-0.2, 0) is 0 Å². The molecule has 0 N–H and O–H groups in total. The lowest BCUT2D eigenvalue weighted by Crippen LogP contribution is -1.79. The molecule has 0 radical (unpaired) electrons. The Morgan fingerprint density at radius 2 is 1.31 bits per heavy atom. The molecular weight excluding hydrogens is 372 g/mol. The highest BCUT2D eigenvalue weighted by atomic mass is 32.1. The third-order valence-electron chi connectivity index (χ3n) is 4.81. The summed E-state index contributed by atoms with van der Waals surface area (Å²) in [6.07, 6.45) is 1.84. The predicted molar refractivity (Wildman–Crippen MR) is 124 cm³/mol. The molecule has 0 bridgehead atoms. The van der Waals surface area contributed by atoms with Crippen molar-refractivity contribution in [1.82, 2.24) is 9.97 Å². The Bertz CT molecular complexity index is 1320. The van der Waals surface area contributed by atoms with Gasteiger partial charge in [0.25, 0.3) is 0 Å². The Labute approximate surface area is 173 Å². The number of hydrogen-bond donors (Lipinski definition) is 0. The van der Waals surface area contributed by atoms with Crippen LogP contribution in [0.25, 0.3) is 42.5 Å². The second kappa shape index (κ2) is 7.82. The van der Waals surface area contributed by atoms with Crippen molar-refractivity contribution in [2.75, 3.05) is 0 Å². The van der Waals surface area contributed by atoms with Gasteiger partial charge in [-0.3, -0.25) is 4.98 Å². The van der Waals surface area contributed by atoms with Gasteiger partial charge in [0.05, 0.1) is 15.7 Å². The molecule has 0 aliphatic carbocycles. The molecule has 2 aromatic heterocycles. The summed E-state index contributed by atoms with van der Waals surface area (Å²) in [5.41, 5.74) is 3.37. The zero-order chi connectivity index (χ0) is 19.5. The van der Waals surface area contributed by atoms with Gasteiger partial charge in [-0.15, -0.1) is 11.3 Å². The van der Waals surface area contributed by atoms with Gasteiger partial charge in [-0.1, -0.05) is 84.9 Å². The van der Waals surface area contributed by atoms with Crippen molar-refractivity contribution in [1.29, 1.82) is 0 Å². The van der Waals surface area contributed by atoms with E-state index in [0.717, 1.165) is 16.0 Å². The van der Waals surface area contributed by atoms with Crippen LogP contribution in [0.2, 0.25) is 0 Å². The van der Waals surface area contributed by atoms with Gasteiger partial charge in [0.1, 0.15) is 5.01 Å². The molecule has 0 amide bonds. The molecule has 0 fully saturated rings. The molecule has 2 heterocycles. The lowest BCUT2D eigenvalue weighted by molar-refractivity contribution is 1.43. The molecule has 0 aliphatic rings. The lowest BCUT2D eigenvalue weighted by atomic mass is 10.1. The monoisotopic (exact) mass is 390 g/mol. The smallest absolute Gasteiger partial charge is 0.124 e. The second-order valence-corrected chi connectivity index (χ2v) is 7.75. The molecule has 0 unspecified atom stereocenters. The number of rotatable bonds is 1. The Morgan fingerprint density at radius 1 is 0.586 bits per heavy atom. The minimum absolute atomic E-state index is 1.08. The normalized spacial score (nSPS) is 10.8.